The molecule has 1 unspecified atom stereocenters. The monoisotopic (exact) mass is 309 g/mol. The predicted molar refractivity (Wildman–Crippen MR) is 73.0 cm³/mol. The zero-order chi connectivity index (χ0) is 13.0. The normalized spacial score (nSPS) is 12.2. The third-order valence-corrected chi connectivity index (χ3v) is 3.04. The lowest BCUT2D eigenvalue weighted by atomic mass is 10.1. The van der Waals surface area contributed by atoms with Gasteiger partial charge in [-0.05, 0) is 23.8 Å². The number of nitrogens with two attached hydrogens (primary N) is 1. The summed E-state index contributed by atoms with van der Waals surface area (Å²) in [5.74, 6) is -0.198. The number of halogens is 2. The van der Waals surface area contributed by atoms with Crippen molar-refractivity contribution in [1.29, 1.82) is 0 Å². The SMILES string of the molecule is NCC(Oc1cc(Br)ccc1F)c1ccccc1. The first kappa shape index (κ1) is 13.1. The Morgan fingerprint density at radius 3 is 2.56 bits per heavy atom. The highest BCUT2D eigenvalue weighted by atomic mass is 79.9. The summed E-state index contributed by atoms with van der Waals surface area (Å²) in [5.41, 5.74) is 6.61. The van der Waals surface area contributed by atoms with Gasteiger partial charge in [-0.15, -0.1) is 0 Å². The molecule has 0 aliphatic rings. The number of hydrogen-bond acceptors (Lipinski definition) is 2. The molecule has 4 heteroatoms. The van der Waals surface area contributed by atoms with Gasteiger partial charge in [0.05, 0.1) is 0 Å². The van der Waals surface area contributed by atoms with Crippen molar-refractivity contribution in [2.45, 2.75) is 6.10 Å². The van der Waals surface area contributed by atoms with Crippen LogP contribution in [0.3, 0.4) is 0 Å². The Morgan fingerprint density at radius 2 is 1.89 bits per heavy atom. The molecule has 0 bridgehead atoms. The summed E-state index contributed by atoms with van der Waals surface area (Å²) < 4.78 is 20.0. The molecule has 0 spiro atoms. The van der Waals surface area contributed by atoms with E-state index in [-0.39, 0.29) is 18.4 Å². The van der Waals surface area contributed by atoms with Crippen molar-refractivity contribution in [3.63, 3.8) is 0 Å². The third kappa shape index (κ3) is 3.09. The quantitative estimate of drug-likeness (QED) is 0.935. The molecular formula is C14H13BrFNO. The van der Waals surface area contributed by atoms with Crippen LogP contribution in [0.5, 0.6) is 5.75 Å². The minimum Gasteiger partial charge on any atom is -0.481 e. The van der Waals surface area contributed by atoms with Gasteiger partial charge in [-0.25, -0.2) is 4.39 Å². The Hall–Kier alpha value is -1.39. The maximum absolute atomic E-state index is 13.6. The van der Waals surface area contributed by atoms with Crippen LogP contribution in [0.25, 0.3) is 0 Å². The minimum atomic E-state index is -0.396. The summed E-state index contributed by atoms with van der Waals surface area (Å²) in [4.78, 5) is 0. The Morgan fingerprint density at radius 1 is 1.17 bits per heavy atom. The van der Waals surface area contributed by atoms with Crippen LogP contribution >= 0.6 is 15.9 Å². The van der Waals surface area contributed by atoms with Gasteiger partial charge in [-0.1, -0.05) is 46.3 Å². The highest BCUT2D eigenvalue weighted by Gasteiger charge is 2.13. The molecule has 0 radical (unpaired) electrons. The third-order valence-electron chi connectivity index (χ3n) is 2.55. The Labute approximate surface area is 114 Å². The van der Waals surface area contributed by atoms with Crippen molar-refractivity contribution < 1.29 is 9.13 Å². The number of rotatable bonds is 4. The zero-order valence-corrected chi connectivity index (χ0v) is 11.2. The summed E-state index contributed by atoms with van der Waals surface area (Å²) in [6.45, 7) is 0.288. The molecule has 2 aromatic rings. The number of ether oxygens (including phenoxy) is 1. The molecule has 2 nitrogen and oxygen atoms in total. The van der Waals surface area contributed by atoms with E-state index in [0.717, 1.165) is 10.0 Å². The van der Waals surface area contributed by atoms with Crippen molar-refractivity contribution in [2.24, 2.45) is 5.73 Å². The lowest BCUT2D eigenvalue weighted by molar-refractivity contribution is 0.204. The van der Waals surface area contributed by atoms with Crippen LogP contribution in [0.1, 0.15) is 11.7 Å². The van der Waals surface area contributed by atoms with E-state index in [9.17, 15) is 4.39 Å². The maximum Gasteiger partial charge on any atom is 0.165 e. The van der Waals surface area contributed by atoms with Gasteiger partial charge >= 0.3 is 0 Å². The van der Waals surface area contributed by atoms with Crippen molar-refractivity contribution in [3.8, 4) is 5.75 Å². The fourth-order valence-corrected chi connectivity index (χ4v) is 1.98. The Kier molecular flexibility index (Phi) is 4.33. The molecule has 0 fully saturated rings. The van der Waals surface area contributed by atoms with Gasteiger partial charge in [0.25, 0.3) is 0 Å². The van der Waals surface area contributed by atoms with Crippen LogP contribution in [0.4, 0.5) is 4.39 Å². The highest BCUT2D eigenvalue weighted by molar-refractivity contribution is 9.10. The summed E-state index contributed by atoms with van der Waals surface area (Å²) in [6.07, 6.45) is -0.352. The molecule has 2 N–H and O–H groups in total. The molecule has 0 saturated carbocycles. The zero-order valence-electron chi connectivity index (χ0n) is 9.64. The molecule has 0 aromatic heterocycles. The molecule has 0 heterocycles. The lowest BCUT2D eigenvalue weighted by Crippen LogP contribution is -2.18. The van der Waals surface area contributed by atoms with Crippen LogP contribution in [0.15, 0.2) is 53.0 Å². The molecule has 0 aliphatic heterocycles. The van der Waals surface area contributed by atoms with Crippen LogP contribution in [-0.4, -0.2) is 6.54 Å². The minimum absolute atomic E-state index is 0.198. The number of hydrogen-bond donors (Lipinski definition) is 1. The van der Waals surface area contributed by atoms with Crippen LogP contribution < -0.4 is 10.5 Å². The molecule has 2 rings (SSSR count). The van der Waals surface area contributed by atoms with E-state index < -0.39 is 5.82 Å². The second kappa shape index (κ2) is 5.98. The Bertz CT molecular complexity index is 518. The van der Waals surface area contributed by atoms with Gasteiger partial charge in [0.1, 0.15) is 6.10 Å². The topological polar surface area (TPSA) is 35.2 Å². The van der Waals surface area contributed by atoms with Gasteiger partial charge in [0.15, 0.2) is 11.6 Å². The van der Waals surface area contributed by atoms with Crippen LogP contribution in [-0.2, 0) is 0 Å². The van der Waals surface area contributed by atoms with E-state index >= 15 is 0 Å². The van der Waals surface area contributed by atoms with Crippen molar-refractivity contribution >= 4 is 15.9 Å². The molecule has 0 aliphatic carbocycles. The lowest BCUT2D eigenvalue weighted by Gasteiger charge is -2.18. The summed E-state index contributed by atoms with van der Waals surface area (Å²) >= 11 is 3.29. The average Bonchev–Trinajstić information content (AvgIpc) is 2.41. The smallest absolute Gasteiger partial charge is 0.165 e. The molecule has 0 saturated heterocycles. The fourth-order valence-electron chi connectivity index (χ4n) is 1.64. The predicted octanol–water partition coefficient (Wildman–Crippen LogP) is 3.67. The van der Waals surface area contributed by atoms with Gasteiger partial charge in [0, 0.05) is 11.0 Å². The van der Waals surface area contributed by atoms with Gasteiger partial charge in [-0.2, -0.15) is 0 Å². The van der Waals surface area contributed by atoms with Crippen molar-refractivity contribution in [2.75, 3.05) is 6.54 Å². The van der Waals surface area contributed by atoms with E-state index in [1.807, 2.05) is 30.3 Å². The molecular weight excluding hydrogens is 297 g/mol. The van der Waals surface area contributed by atoms with Crippen LogP contribution in [0.2, 0.25) is 0 Å². The molecule has 0 amide bonds. The van der Waals surface area contributed by atoms with Gasteiger partial charge in [0.2, 0.25) is 0 Å². The maximum atomic E-state index is 13.6. The summed E-state index contributed by atoms with van der Waals surface area (Å²) in [5, 5.41) is 0. The van der Waals surface area contributed by atoms with Gasteiger partial charge in [-0.3, -0.25) is 0 Å². The van der Waals surface area contributed by atoms with E-state index in [0.29, 0.717) is 0 Å². The van der Waals surface area contributed by atoms with Gasteiger partial charge < -0.3 is 10.5 Å². The van der Waals surface area contributed by atoms with Crippen LogP contribution in [0, 0.1) is 5.82 Å². The van der Waals surface area contributed by atoms with Crippen molar-refractivity contribution in [1.82, 2.24) is 0 Å². The first-order chi connectivity index (χ1) is 8.70. The second-order valence-electron chi connectivity index (χ2n) is 3.83. The molecule has 1 atom stereocenters. The standard InChI is InChI=1S/C14H13BrFNO/c15-11-6-7-12(16)13(8-11)18-14(9-17)10-4-2-1-3-5-10/h1-8,14H,9,17H2. The van der Waals surface area contributed by atoms with E-state index in [1.54, 1.807) is 12.1 Å². The average molecular weight is 310 g/mol. The first-order valence-electron chi connectivity index (χ1n) is 5.57. The van der Waals surface area contributed by atoms with E-state index in [1.165, 1.54) is 6.07 Å². The summed E-state index contributed by atoms with van der Waals surface area (Å²) in [7, 11) is 0. The molecule has 94 valence electrons. The summed E-state index contributed by atoms with van der Waals surface area (Å²) in [6, 6.07) is 14.1. The fraction of sp³-hybridized carbons (Fsp3) is 0.143. The van der Waals surface area contributed by atoms with Crippen molar-refractivity contribution in [3.05, 3.63) is 64.4 Å². The number of benzene rings is 2. The molecule has 2 aromatic carbocycles. The van der Waals surface area contributed by atoms with E-state index in [4.69, 9.17) is 10.5 Å². The highest BCUT2D eigenvalue weighted by Crippen LogP contribution is 2.27. The second-order valence-corrected chi connectivity index (χ2v) is 4.74. The molecule has 18 heavy (non-hydrogen) atoms. The first-order valence-corrected chi connectivity index (χ1v) is 6.36. The largest absolute Gasteiger partial charge is 0.481 e. The van der Waals surface area contributed by atoms with E-state index in [2.05, 4.69) is 15.9 Å². The Balaban J connectivity index is 2.23.